The Hall–Kier alpha value is -3.07. The molecular weight excluding hydrogens is 387 g/mol. The van der Waals surface area contributed by atoms with E-state index in [0.29, 0.717) is 22.0 Å². The molecule has 0 spiro atoms. The van der Waals surface area contributed by atoms with Crippen LogP contribution in [0.1, 0.15) is 6.92 Å². The Bertz CT molecular complexity index is 875. The van der Waals surface area contributed by atoms with Crippen molar-refractivity contribution in [3.63, 3.8) is 0 Å². The molecule has 0 aliphatic rings. The normalized spacial score (nSPS) is 10.1. The molecule has 0 saturated carbocycles. The fraction of sp³-hybridized carbons (Fsp3) is 0.211. The Morgan fingerprint density at radius 3 is 2.54 bits per heavy atom. The zero-order valence-corrected chi connectivity index (χ0v) is 16.1. The SMILES string of the molecule is COc1ccc(NC(C)=O)cc1NC(=O)COC(=O)CSc1ccccc1F. The van der Waals surface area contributed by atoms with E-state index >= 15 is 0 Å². The Labute approximate surface area is 165 Å². The first kappa shape index (κ1) is 21.2. The van der Waals surface area contributed by atoms with E-state index in [9.17, 15) is 18.8 Å². The van der Waals surface area contributed by atoms with Gasteiger partial charge in [-0.3, -0.25) is 14.4 Å². The molecule has 0 aliphatic heterocycles. The minimum Gasteiger partial charge on any atom is -0.495 e. The summed E-state index contributed by atoms with van der Waals surface area (Å²) in [6.07, 6.45) is 0. The number of carbonyl (C=O) groups is 3. The summed E-state index contributed by atoms with van der Waals surface area (Å²) in [5, 5.41) is 5.15. The van der Waals surface area contributed by atoms with E-state index in [2.05, 4.69) is 10.6 Å². The minimum atomic E-state index is -0.651. The second-order valence-corrected chi connectivity index (χ2v) is 6.54. The number of benzene rings is 2. The number of methoxy groups -OCH3 is 1. The number of amides is 2. The second-order valence-electron chi connectivity index (χ2n) is 5.52. The molecule has 2 amide bonds. The van der Waals surface area contributed by atoms with Gasteiger partial charge in [-0.25, -0.2) is 4.39 Å². The molecule has 0 aromatic heterocycles. The summed E-state index contributed by atoms with van der Waals surface area (Å²) in [5.74, 6) is -1.67. The van der Waals surface area contributed by atoms with Crippen LogP contribution in [0.3, 0.4) is 0 Å². The molecule has 0 aliphatic carbocycles. The van der Waals surface area contributed by atoms with Crippen molar-refractivity contribution in [2.75, 3.05) is 30.1 Å². The van der Waals surface area contributed by atoms with Gasteiger partial charge in [0.1, 0.15) is 11.6 Å². The molecule has 0 fully saturated rings. The molecule has 0 saturated heterocycles. The highest BCUT2D eigenvalue weighted by atomic mass is 32.2. The van der Waals surface area contributed by atoms with Gasteiger partial charge in [0.25, 0.3) is 5.91 Å². The number of halogens is 1. The number of hydrogen-bond donors (Lipinski definition) is 2. The summed E-state index contributed by atoms with van der Waals surface area (Å²) in [4.78, 5) is 35.3. The average molecular weight is 406 g/mol. The summed E-state index contributed by atoms with van der Waals surface area (Å²) in [5.41, 5.74) is 0.789. The van der Waals surface area contributed by atoms with E-state index in [4.69, 9.17) is 9.47 Å². The highest BCUT2D eigenvalue weighted by Gasteiger charge is 2.13. The van der Waals surface area contributed by atoms with Gasteiger partial charge in [0.15, 0.2) is 6.61 Å². The zero-order valence-electron chi connectivity index (χ0n) is 15.3. The van der Waals surface area contributed by atoms with Crippen molar-refractivity contribution in [2.24, 2.45) is 0 Å². The number of nitrogens with one attached hydrogen (secondary N) is 2. The van der Waals surface area contributed by atoms with E-state index in [-0.39, 0.29) is 11.7 Å². The summed E-state index contributed by atoms with van der Waals surface area (Å²) in [7, 11) is 1.43. The van der Waals surface area contributed by atoms with Gasteiger partial charge in [0.05, 0.1) is 18.6 Å². The van der Waals surface area contributed by atoms with Crippen LogP contribution in [-0.4, -0.2) is 37.3 Å². The topological polar surface area (TPSA) is 93.7 Å². The molecule has 2 aromatic carbocycles. The number of esters is 1. The molecule has 2 N–H and O–H groups in total. The smallest absolute Gasteiger partial charge is 0.316 e. The lowest BCUT2D eigenvalue weighted by Crippen LogP contribution is -2.22. The van der Waals surface area contributed by atoms with Crippen molar-refractivity contribution in [1.29, 1.82) is 0 Å². The molecule has 28 heavy (non-hydrogen) atoms. The van der Waals surface area contributed by atoms with Crippen molar-refractivity contribution in [3.05, 3.63) is 48.3 Å². The largest absolute Gasteiger partial charge is 0.495 e. The third kappa shape index (κ3) is 6.58. The molecular formula is C19H19FN2O5S. The van der Waals surface area contributed by atoms with E-state index < -0.39 is 24.3 Å². The number of anilines is 2. The molecule has 9 heteroatoms. The van der Waals surface area contributed by atoms with Gasteiger partial charge in [-0.2, -0.15) is 0 Å². The highest BCUT2D eigenvalue weighted by molar-refractivity contribution is 8.00. The third-order valence-corrected chi connectivity index (χ3v) is 4.36. The average Bonchev–Trinajstić information content (AvgIpc) is 2.65. The van der Waals surface area contributed by atoms with E-state index in [1.807, 2.05) is 0 Å². The van der Waals surface area contributed by atoms with Crippen LogP contribution in [0, 0.1) is 5.82 Å². The van der Waals surface area contributed by atoms with Crippen LogP contribution >= 0.6 is 11.8 Å². The van der Waals surface area contributed by atoms with Crippen molar-refractivity contribution in [1.82, 2.24) is 0 Å². The second kappa shape index (κ2) is 10.3. The first-order chi connectivity index (χ1) is 13.4. The molecule has 0 unspecified atom stereocenters. The molecule has 2 aromatic rings. The Morgan fingerprint density at radius 1 is 1.11 bits per heavy atom. The van der Waals surface area contributed by atoms with Gasteiger partial charge < -0.3 is 20.1 Å². The monoisotopic (exact) mass is 406 g/mol. The molecule has 148 valence electrons. The van der Waals surface area contributed by atoms with Crippen LogP contribution in [0.2, 0.25) is 0 Å². The minimum absolute atomic E-state index is 0.129. The van der Waals surface area contributed by atoms with Crippen LogP contribution in [0.15, 0.2) is 47.4 Å². The number of ether oxygens (including phenoxy) is 2. The van der Waals surface area contributed by atoms with Gasteiger partial charge in [-0.05, 0) is 30.3 Å². The number of thioether (sulfide) groups is 1. The summed E-state index contributed by atoms with van der Waals surface area (Å²) >= 11 is 0.983. The summed E-state index contributed by atoms with van der Waals surface area (Å²) < 4.78 is 23.6. The van der Waals surface area contributed by atoms with Crippen LogP contribution in [0.5, 0.6) is 5.75 Å². The van der Waals surface area contributed by atoms with E-state index in [0.717, 1.165) is 11.8 Å². The molecule has 7 nitrogen and oxygen atoms in total. The van der Waals surface area contributed by atoms with E-state index in [1.54, 1.807) is 30.3 Å². The maximum atomic E-state index is 13.5. The van der Waals surface area contributed by atoms with Crippen LogP contribution in [-0.2, 0) is 19.1 Å². The number of rotatable bonds is 8. The molecule has 0 heterocycles. The zero-order chi connectivity index (χ0) is 20.5. The van der Waals surface area contributed by atoms with Crippen molar-refractivity contribution >= 4 is 40.9 Å². The maximum Gasteiger partial charge on any atom is 0.316 e. The third-order valence-electron chi connectivity index (χ3n) is 3.34. The van der Waals surface area contributed by atoms with Crippen molar-refractivity contribution in [3.8, 4) is 5.75 Å². The standard InChI is InChI=1S/C19H19FN2O5S/c1-12(23)21-13-7-8-16(26-2)15(9-13)22-18(24)10-27-19(25)11-28-17-6-4-3-5-14(17)20/h3-9H,10-11H2,1-2H3,(H,21,23)(H,22,24). The van der Waals surface area contributed by atoms with Crippen LogP contribution < -0.4 is 15.4 Å². The van der Waals surface area contributed by atoms with Gasteiger partial charge >= 0.3 is 5.97 Å². The predicted octanol–water partition coefficient (Wildman–Crippen LogP) is 3.07. The molecule has 2 rings (SSSR count). The summed E-state index contributed by atoms with van der Waals surface area (Å²) in [6, 6.07) is 10.8. The molecule has 0 bridgehead atoms. The fourth-order valence-electron chi connectivity index (χ4n) is 2.16. The fourth-order valence-corrected chi connectivity index (χ4v) is 2.90. The quantitative estimate of drug-likeness (QED) is 0.517. The van der Waals surface area contributed by atoms with E-state index in [1.165, 1.54) is 26.2 Å². The lowest BCUT2D eigenvalue weighted by atomic mass is 10.2. The van der Waals surface area contributed by atoms with Crippen molar-refractivity contribution < 1.29 is 28.2 Å². The van der Waals surface area contributed by atoms with Gasteiger partial charge in [0, 0.05) is 17.5 Å². The predicted molar refractivity (Wildman–Crippen MR) is 104 cm³/mol. The maximum absolute atomic E-state index is 13.5. The first-order valence-corrected chi connectivity index (χ1v) is 9.16. The van der Waals surface area contributed by atoms with Gasteiger partial charge in [0.2, 0.25) is 5.91 Å². The van der Waals surface area contributed by atoms with Crippen LogP contribution in [0.25, 0.3) is 0 Å². The lowest BCUT2D eigenvalue weighted by molar-refractivity contribution is -0.144. The number of hydrogen-bond acceptors (Lipinski definition) is 6. The lowest BCUT2D eigenvalue weighted by Gasteiger charge is -2.12. The summed E-state index contributed by atoms with van der Waals surface area (Å²) in [6.45, 7) is 0.853. The molecule has 0 atom stereocenters. The van der Waals surface area contributed by atoms with Gasteiger partial charge in [-0.15, -0.1) is 11.8 Å². The Balaban J connectivity index is 1.87. The Morgan fingerprint density at radius 2 is 1.86 bits per heavy atom. The Kier molecular flexibility index (Phi) is 7.82. The van der Waals surface area contributed by atoms with Crippen LogP contribution in [0.4, 0.5) is 15.8 Å². The number of carbonyl (C=O) groups excluding carboxylic acids is 3. The highest BCUT2D eigenvalue weighted by Crippen LogP contribution is 2.28. The first-order valence-electron chi connectivity index (χ1n) is 8.17. The molecule has 0 radical (unpaired) electrons. The van der Waals surface area contributed by atoms with Gasteiger partial charge in [-0.1, -0.05) is 12.1 Å². The van der Waals surface area contributed by atoms with Crippen molar-refractivity contribution in [2.45, 2.75) is 11.8 Å².